The third-order valence-electron chi connectivity index (χ3n) is 2.75. The van der Waals surface area contributed by atoms with Crippen LogP contribution in [0.4, 0.5) is 8.78 Å². The lowest BCUT2D eigenvalue weighted by atomic mass is 9.85. The van der Waals surface area contributed by atoms with Crippen LogP contribution in [0.5, 0.6) is 5.75 Å². The predicted molar refractivity (Wildman–Crippen MR) is 61.5 cm³/mol. The summed E-state index contributed by atoms with van der Waals surface area (Å²) in [6, 6.07) is 5.53. The van der Waals surface area contributed by atoms with Crippen LogP contribution in [0.25, 0.3) is 0 Å². The summed E-state index contributed by atoms with van der Waals surface area (Å²) in [6.07, 6.45) is 0. The molecule has 2 N–H and O–H groups in total. The van der Waals surface area contributed by atoms with Crippen LogP contribution in [-0.4, -0.2) is 26.1 Å². The Kier molecular flexibility index (Phi) is 3.91. The van der Waals surface area contributed by atoms with Gasteiger partial charge in [0.05, 0.1) is 14.2 Å². The first-order valence-electron chi connectivity index (χ1n) is 5.17. The molecule has 0 fully saturated rings. The molecule has 0 aliphatic carbocycles. The van der Waals surface area contributed by atoms with E-state index in [9.17, 15) is 13.6 Å². The lowest BCUT2D eigenvalue weighted by Gasteiger charge is -2.32. The summed E-state index contributed by atoms with van der Waals surface area (Å²) >= 11 is 0. The number of hydrogen-bond donors (Lipinski definition) is 1. The number of benzene rings is 1. The van der Waals surface area contributed by atoms with E-state index in [0.717, 1.165) is 7.11 Å². The molecule has 100 valence electrons. The van der Waals surface area contributed by atoms with Crippen molar-refractivity contribution in [3.63, 3.8) is 0 Å². The van der Waals surface area contributed by atoms with Gasteiger partial charge < -0.3 is 15.2 Å². The first-order chi connectivity index (χ1) is 8.27. The second kappa shape index (κ2) is 4.89. The van der Waals surface area contributed by atoms with Crippen LogP contribution >= 0.6 is 0 Å². The van der Waals surface area contributed by atoms with Gasteiger partial charge in [-0.3, -0.25) is 0 Å². The Morgan fingerprint density at radius 3 is 2.06 bits per heavy atom. The van der Waals surface area contributed by atoms with Gasteiger partial charge in [-0.15, -0.1) is 0 Å². The van der Waals surface area contributed by atoms with Gasteiger partial charge in [0, 0.05) is 6.92 Å². The number of carbonyl (C=O) groups excluding carboxylic acids is 1. The normalized spacial score (nSPS) is 14.8. The first kappa shape index (κ1) is 14.4. The van der Waals surface area contributed by atoms with E-state index in [1.165, 1.54) is 31.4 Å². The zero-order valence-electron chi connectivity index (χ0n) is 10.4. The monoisotopic (exact) mass is 259 g/mol. The van der Waals surface area contributed by atoms with Gasteiger partial charge in [0.2, 0.25) is 5.54 Å². The van der Waals surface area contributed by atoms with Crippen LogP contribution in [0.3, 0.4) is 0 Å². The van der Waals surface area contributed by atoms with Crippen LogP contribution in [0.2, 0.25) is 0 Å². The van der Waals surface area contributed by atoms with Crippen molar-refractivity contribution in [2.24, 2.45) is 5.73 Å². The highest BCUT2D eigenvalue weighted by Gasteiger charge is 2.55. The maximum atomic E-state index is 13.6. The maximum absolute atomic E-state index is 13.6. The Bertz CT molecular complexity index is 428. The zero-order valence-corrected chi connectivity index (χ0v) is 10.4. The number of nitrogens with two attached hydrogens (primary N) is 1. The maximum Gasteiger partial charge on any atom is 0.336 e. The zero-order chi connectivity index (χ0) is 14.0. The van der Waals surface area contributed by atoms with E-state index in [4.69, 9.17) is 10.5 Å². The minimum atomic E-state index is -3.46. The Labute approximate surface area is 104 Å². The van der Waals surface area contributed by atoms with E-state index in [0.29, 0.717) is 12.7 Å². The minimum Gasteiger partial charge on any atom is -0.497 e. The van der Waals surface area contributed by atoms with Crippen molar-refractivity contribution in [2.75, 3.05) is 14.2 Å². The first-order valence-corrected chi connectivity index (χ1v) is 5.17. The van der Waals surface area contributed by atoms with Gasteiger partial charge in [0.1, 0.15) is 5.75 Å². The molecule has 0 bridgehead atoms. The van der Waals surface area contributed by atoms with Gasteiger partial charge in [-0.25, -0.2) is 13.6 Å². The number of rotatable bonds is 4. The molecule has 0 aliphatic rings. The molecular formula is C12H15F2NO3. The standard InChI is InChI=1S/C12H15F2NO3/c1-11(13,14)12(15,10(16)18-3)8-4-6-9(17-2)7-5-8/h4-7H,15H2,1-3H3. The van der Waals surface area contributed by atoms with E-state index in [1.807, 2.05) is 0 Å². The Morgan fingerprint density at radius 2 is 1.72 bits per heavy atom. The fourth-order valence-corrected chi connectivity index (χ4v) is 1.57. The predicted octanol–water partition coefficient (Wildman–Crippen LogP) is 1.68. The molecule has 4 nitrogen and oxygen atoms in total. The molecular weight excluding hydrogens is 244 g/mol. The molecule has 0 spiro atoms. The molecule has 1 aromatic carbocycles. The Hall–Kier alpha value is -1.69. The molecule has 0 heterocycles. The molecule has 0 amide bonds. The summed E-state index contributed by atoms with van der Waals surface area (Å²) in [6.45, 7) is 0.578. The number of esters is 1. The second-order valence-corrected chi connectivity index (χ2v) is 3.92. The van der Waals surface area contributed by atoms with Gasteiger partial charge in [-0.2, -0.15) is 0 Å². The van der Waals surface area contributed by atoms with Crippen molar-refractivity contribution < 1.29 is 23.0 Å². The Morgan fingerprint density at radius 1 is 1.22 bits per heavy atom. The summed E-state index contributed by atoms with van der Waals surface area (Å²) in [5.41, 5.74) is 3.02. The summed E-state index contributed by atoms with van der Waals surface area (Å²) < 4.78 is 36.5. The van der Waals surface area contributed by atoms with Gasteiger partial charge in [0.25, 0.3) is 5.92 Å². The quantitative estimate of drug-likeness (QED) is 0.836. The largest absolute Gasteiger partial charge is 0.497 e. The molecule has 0 saturated heterocycles. The lowest BCUT2D eigenvalue weighted by Crippen LogP contribution is -2.57. The molecule has 6 heteroatoms. The van der Waals surface area contributed by atoms with Crippen molar-refractivity contribution in [3.8, 4) is 5.75 Å². The van der Waals surface area contributed by atoms with Crippen LogP contribution in [0, 0.1) is 0 Å². The molecule has 0 radical (unpaired) electrons. The van der Waals surface area contributed by atoms with Crippen LogP contribution in [0.1, 0.15) is 12.5 Å². The van der Waals surface area contributed by atoms with E-state index < -0.39 is 17.4 Å². The van der Waals surface area contributed by atoms with Gasteiger partial charge in [-0.05, 0) is 17.7 Å². The van der Waals surface area contributed by atoms with E-state index in [2.05, 4.69) is 4.74 Å². The SMILES string of the molecule is COC(=O)C(N)(c1ccc(OC)cc1)C(C)(F)F. The van der Waals surface area contributed by atoms with Crippen molar-refractivity contribution in [2.45, 2.75) is 18.4 Å². The third-order valence-corrected chi connectivity index (χ3v) is 2.75. The van der Waals surface area contributed by atoms with Crippen molar-refractivity contribution in [1.82, 2.24) is 0 Å². The smallest absolute Gasteiger partial charge is 0.336 e. The highest BCUT2D eigenvalue weighted by atomic mass is 19.3. The van der Waals surface area contributed by atoms with Crippen LogP contribution < -0.4 is 10.5 Å². The molecule has 0 saturated carbocycles. The molecule has 18 heavy (non-hydrogen) atoms. The van der Waals surface area contributed by atoms with Gasteiger partial charge in [0.15, 0.2) is 0 Å². The summed E-state index contributed by atoms with van der Waals surface area (Å²) in [5.74, 6) is -4.18. The topological polar surface area (TPSA) is 61.5 Å². The fourth-order valence-electron chi connectivity index (χ4n) is 1.57. The molecule has 0 aliphatic heterocycles. The molecule has 1 aromatic rings. The molecule has 1 rings (SSSR count). The van der Waals surface area contributed by atoms with Gasteiger partial charge >= 0.3 is 5.97 Å². The van der Waals surface area contributed by atoms with Crippen molar-refractivity contribution in [3.05, 3.63) is 29.8 Å². The Balaban J connectivity index is 3.30. The number of carbonyl (C=O) groups is 1. The van der Waals surface area contributed by atoms with Crippen LogP contribution in [0.15, 0.2) is 24.3 Å². The lowest BCUT2D eigenvalue weighted by molar-refractivity contribution is -0.164. The second-order valence-electron chi connectivity index (χ2n) is 3.92. The number of alkyl halides is 2. The molecule has 1 unspecified atom stereocenters. The van der Waals surface area contributed by atoms with Gasteiger partial charge in [-0.1, -0.05) is 12.1 Å². The highest BCUT2D eigenvalue weighted by Crippen LogP contribution is 2.36. The van der Waals surface area contributed by atoms with Crippen molar-refractivity contribution in [1.29, 1.82) is 0 Å². The third kappa shape index (κ3) is 2.28. The molecule has 1 atom stereocenters. The average Bonchev–Trinajstić information content (AvgIpc) is 2.35. The number of hydrogen-bond acceptors (Lipinski definition) is 4. The molecule has 0 aromatic heterocycles. The number of halogens is 2. The summed E-state index contributed by atoms with van der Waals surface area (Å²) in [7, 11) is 2.46. The average molecular weight is 259 g/mol. The number of methoxy groups -OCH3 is 2. The fraction of sp³-hybridized carbons (Fsp3) is 0.417. The minimum absolute atomic E-state index is 0.0392. The van der Waals surface area contributed by atoms with E-state index >= 15 is 0 Å². The van der Waals surface area contributed by atoms with Crippen molar-refractivity contribution >= 4 is 5.97 Å². The van der Waals surface area contributed by atoms with E-state index in [-0.39, 0.29) is 5.56 Å². The summed E-state index contributed by atoms with van der Waals surface area (Å²) in [5, 5.41) is 0. The number of ether oxygens (including phenoxy) is 2. The van der Waals surface area contributed by atoms with Crippen LogP contribution in [-0.2, 0) is 15.1 Å². The summed E-state index contributed by atoms with van der Waals surface area (Å²) in [4.78, 5) is 11.6. The van der Waals surface area contributed by atoms with E-state index in [1.54, 1.807) is 0 Å². The highest BCUT2D eigenvalue weighted by molar-refractivity contribution is 5.83.